The van der Waals surface area contributed by atoms with Crippen LogP contribution in [0.1, 0.15) is 59.1 Å². The van der Waals surface area contributed by atoms with Gasteiger partial charge in [0.05, 0.1) is 6.04 Å². The second-order valence-electron chi connectivity index (χ2n) is 6.72. The molecular weight excluding hydrogens is 234 g/mol. The van der Waals surface area contributed by atoms with E-state index in [-0.39, 0.29) is 11.6 Å². The summed E-state index contributed by atoms with van der Waals surface area (Å²) in [4.78, 5) is 0. The van der Waals surface area contributed by atoms with Gasteiger partial charge < -0.3 is 10.1 Å². The highest BCUT2D eigenvalue weighted by molar-refractivity contribution is 5.42. The van der Waals surface area contributed by atoms with Gasteiger partial charge in [0.15, 0.2) is 0 Å². The van der Waals surface area contributed by atoms with E-state index in [2.05, 4.69) is 58.1 Å². The Morgan fingerprint density at radius 1 is 1.16 bits per heavy atom. The van der Waals surface area contributed by atoms with Gasteiger partial charge >= 0.3 is 0 Å². The van der Waals surface area contributed by atoms with Crippen molar-refractivity contribution in [2.24, 2.45) is 5.92 Å². The molecule has 0 fully saturated rings. The van der Waals surface area contributed by atoms with Crippen LogP contribution in [0.15, 0.2) is 24.3 Å². The maximum atomic E-state index is 6.07. The third-order valence-electron chi connectivity index (χ3n) is 3.93. The number of hydrogen-bond donors (Lipinski definition) is 1. The average Bonchev–Trinajstić information content (AvgIpc) is 2.58. The lowest BCUT2D eigenvalue weighted by molar-refractivity contribution is 0.0910. The molecule has 0 aromatic heterocycles. The minimum atomic E-state index is -0.171. The predicted molar refractivity (Wildman–Crippen MR) is 80.6 cm³/mol. The van der Waals surface area contributed by atoms with Crippen molar-refractivity contribution in [1.82, 2.24) is 5.32 Å². The smallest absolute Gasteiger partial charge is 0.125 e. The van der Waals surface area contributed by atoms with Crippen LogP contribution in [0.4, 0.5) is 0 Å². The van der Waals surface area contributed by atoms with E-state index in [0.29, 0.717) is 6.04 Å². The molecule has 0 radical (unpaired) electrons. The maximum absolute atomic E-state index is 6.07. The van der Waals surface area contributed by atoms with E-state index in [4.69, 9.17) is 4.74 Å². The van der Waals surface area contributed by atoms with Crippen LogP contribution < -0.4 is 10.1 Å². The zero-order valence-corrected chi connectivity index (χ0v) is 12.9. The van der Waals surface area contributed by atoms with Crippen molar-refractivity contribution in [2.75, 3.05) is 0 Å². The van der Waals surface area contributed by atoms with Crippen LogP contribution in [0.5, 0.6) is 5.75 Å². The Hall–Kier alpha value is -1.02. The second-order valence-corrected chi connectivity index (χ2v) is 6.72. The van der Waals surface area contributed by atoms with Gasteiger partial charge in [-0.3, -0.25) is 0 Å². The first-order valence-electron chi connectivity index (χ1n) is 7.44. The Balaban J connectivity index is 2.06. The second kappa shape index (κ2) is 5.54. The summed E-state index contributed by atoms with van der Waals surface area (Å²) in [5.41, 5.74) is 1.12. The fraction of sp³-hybridized carbons (Fsp3) is 0.647. The molecular formula is C17H27NO. The van der Waals surface area contributed by atoms with Crippen molar-refractivity contribution in [3.8, 4) is 5.75 Å². The molecule has 0 spiro atoms. The fourth-order valence-electron chi connectivity index (χ4n) is 2.77. The van der Waals surface area contributed by atoms with Gasteiger partial charge in [-0.1, -0.05) is 32.0 Å². The summed E-state index contributed by atoms with van der Waals surface area (Å²) < 4.78 is 6.07. The lowest BCUT2D eigenvalue weighted by Crippen LogP contribution is -2.42. The van der Waals surface area contributed by atoms with Crippen molar-refractivity contribution >= 4 is 0 Å². The summed E-state index contributed by atoms with van der Waals surface area (Å²) in [7, 11) is 0. The maximum Gasteiger partial charge on any atom is 0.125 e. The Labute approximate surface area is 117 Å². The van der Waals surface area contributed by atoms with Crippen LogP contribution in [0.3, 0.4) is 0 Å². The Morgan fingerprint density at radius 2 is 1.84 bits per heavy atom. The summed E-state index contributed by atoms with van der Waals surface area (Å²) >= 11 is 0. The molecule has 2 atom stereocenters. The van der Waals surface area contributed by atoms with Crippen molar-refractivity contribution < 1.29 is 4.74 Å². The van der Waals surface area contributed by atoms with Gasteiger partial charge in [-0.2, -0.15) is 0 Å². The molecule has 2 nitrogen and oxygen atoms in total. The lowest BCUT2D eigenvalue weighted by atomic mass is 9.93. The van der Waals surface area contributed by atoms with Crippen LogP contribution in [0.25, 0.3) is 0 Å². The predicted octanol–water partition coefficient (Wildman–Crippen LogP) is 4.31. The first-order valence-corrected chi connectivity index (χ1v) is 7.44. The van der Waals surface area contributed by atoms with Crippen LogP contribution in [-0.4, -0.2) is 11.6 Å². The number of ether oxygens (including phenoxy) is 1. The molecule has 106 valence electrons. The van der Waals surface area contributed by atoms with Gasteiger partial charge in [0, 0.05) is 11.6 Å². The monoisotopic (exact) mass is 261 g/mol. The number of hydrogen-bond acceptors (Lipinski definition) is 2. The van der Waals surface area contributed by atoms with E-state index in [0.717, 1.165) is 11.7 Å². The van der Waals surface area contributed by atoms with Gasteiger partial charge in [-0.05, 0) is 45.6 Å². The highest BCUT2D eigenvalue weighted by atomic mass is 16.5. The SMILES string of the molecule is CC(C)CCC(C)NC1c2ccccc2OC1(C)C. The summed E-state index contributed by atoms with van der Waals surface area (Å²) in [6.07, 6.45) is 2.48. The van der Waals surface area contributed by atoms with Crippen LogP contribution >= 0.6 is 0 Å². The molecule has 0 amide bonds. The molecule has 1 N–H and O–H groups in total. The third kappa shape index (κ3) is 3.30. The number of fused-ring (bicyclic) bond motifs is 1. The quantitative estimate of drug-likeness (QED) is 0.852. The van der Waals surface area contributed by atoms with Gasteiger partial charge in [0.1, 0.15) is 11.4 Å². The van der Waals surface area contributed by atoms with Crippen LogP contribution in [-0.2, 0) is 0 Å². The number of benzene rings is 1. The minimum absolute atomic E-state index is 0.171. The normalized spacial score (nSPS) is 22.1. The molecule has 0 bridgehead atoms. The topological polar surface area (TPSA) is 21.3 Å². The Kier molecular flexibility index (Phi) is 4.19. The summed E-state index contributed by atoms with van der Waals surface area (Å²) in [6, 6.07) is 9.18. The zero-order valence-electron chi connectivity index (χ0n) is 12.9. The van der Waals surface area contributed by atoms with Crippen LogP contribution in [0, 0.1) is 5.92 Å². The molecule has 0 aliphatic carbocycles. The van der Waals surface area contributed by atoms with Gasteiger partial charge in [-0.25, -0.2) is 0 Å². The zero-order chi connectivity index (χ0) is 14.0. The van der Waals surface area contributed by atoms with E-state index >= 15 is 0 Å². The first-order chi connectivity index (χ1) is 8.90. The molecule has 1 aliphatic heterocycles. The summed E-state index contributed by atoms with van der Waals surface area (Å²) in [6.45, 7) is 11.2. The van der Waals surface area contributed by atoms with Crippen molar-refractivity contribution in [2.45, 2.75) is 65.1 Å². The van der Waals surface area contributed by atoms with E-state index in [1.54, 1.807) is 0 Å². The first kappa shape index (κ1) is 14.4. The summed E-state index contributed by atoms with van der Waals surface area (Å²) in [5.74, 6) is 1.80. The number of rotatable bonds is 5. The largest absolute Gasteiger partial charge is 0.486 e. The van der Waals surface area contributed by atoms with Gasteiger partial charge in [0.25, 0.3) is 0 Å². The molecule has 1 aromatic rings. The number of nitrogens with one attached hydrogen (secondary N) is 1. The molecule has 2 unspecified atom stereocenters. The molecule has 1 aromatic carbocycles. The standard InChI is InChI=1S/C17H27NO/c1-12(2)10-11-13(3)18-16-14-8-6-7-9-15(14)19-17(16,4)5/h6-9,12-13,16,18H,10-11H2,1-5H3. The lowest BCUT2D eigenvalue weighted by Gasteiger charge is -2.30. The van der Waals surface area contributed by atoms with E-state index in [1.165, 1.54) is 18.4 Å². The molecule has 19 heavy (non-hydrogen) atoms. The minimum Gasteiger partial charge on any atom is -0.486 e. The molecule has 2 heteroatoms. The third-order valence-corrected chi connectivity index (χ3v) is 3.93. The average molecular weight is 261 g/mol. The van der Waals surface area contributed by atoms with E-state index in [9.17, 15) is 0 Å². The van der Waals surface area contributed by atoms with Crippen molar-refractivity contribution in [1.29, 1.82) is 0 Å². The van der Waals surface area contributed by atoms with E-state index < -0.39 is 0 Å². The highest BCUT2D eigenvalue weighted by Gasteiger charge is 2.41. The molecule has 1 aliphatic rings. The van der Waals surface area contributed by atoms with Crippen molar-refractivity contribution in [3.05, 3.63) is 29.8 Å². The van der Waals surface area contributed by atoms with Gasteiger partial charge in [-0.15, -0.1) is 0 Å². The van der Waals surface area contributed by atoms with E-state index in [1.807, 2.05) is 6.07 Å². The van der Waals surface area contributed by atoms with Crippen LogP contribution in [0.2, 0.25) is 0 Å². The molecule has 1 heterocycles. The van der Waals surface area contributed by atoms with Gasteiger partial charge in [0.2, 0.25) is 0 Å². The summed E-state index contributed by atoms with van der Waals surface area (Å²) in [5, 5.41) is 3.76. The molecule has 0 saturated heterocycles. The fourth-order valence-corrected chi connectivity index (χ4v) is 2.77. The molecule has 2 rings (SSSR count). The van der Waals surface area contributed by atoms with Crippen molar-refractivity contribution in [3.63, 3.8) is 0 Å². The molecule has 0 saturated carbocycles. The number of para-hydroxylation sites is 1. The Morgan fingerprint density at radius 3 is 2.53 bits per heavy atom. The Bertz CT molecular complexity index is 425. The highest BCUT2D eigenvalue weighted by Crippen LogP contribution is 2.43.